The first-order chi connectivity index (χ1) is 7.33. The van der Waals surface area contributed by atoms with E-state index in [1.807, 2.05) is 6.07 Å². The monoisotopic (exact) mass is 208 g/mol. The molecule has 0 atom stereocenters. The number of para-hydroxylation sites is 1. The molecule has 0 amide bonds. The predicted molar refractivity (Wildman–Crippen MR) is 65.5 cm³/mol. The molecule has 0 aliphatic carbocycles. The van der Waals surface area contributed by atoms with Crippen LogP contribution in [0, 0.1) is 0 Å². The molecule has 0 aliphatic heterocycles. The van der Waals surface area contributed by atoms with Gasteiger partial charge < -0.3 is 15.4 Å². The van der Waals surface area contributed by atoms with E-state index >= 15 is 0 Å². The van der Waals surface area contributed by atoms with Crippen LogP contribution in [0.25, 0.3) is 0 Å². The van der Waals surface area contributed by atoms with E-state index in [1.165, 1.54) is 5.56 Å². The third-order valence-corrected chi connectivity index (χ3v) is 2.17. The second kappa shape index (κ2) is 6.30. The molecule has 0 spiro atoms. The largest absolute Gasteiger partial charge is 0.384 e. The average molecular weight is 208 g/mol. The van der Waals surface area contributed by atoms with Crippen LogP contribution in [0.1, 0.15) is 19.4 Å². The van der Waals surface area contributed by atoms with Crippen molar-refractivity contribution in [3.05, 3.63) is 23.8 Å². The van der Waals surface area contributed by atoms with E-state index in [1.54, 1.807) is 7.11 Å². The van der Waals surface area contributed by atoms with Crippen LogP contribution >= 0.6 is 0 Å². The zero-order valence-electron chi connectivity index (χ0n) is 9.76. The van der Waals surface area contributed by atoms with Gasteiger partial charge >= 0.3 is 0 Å². The summed E-state index contributed by atoms with van der Waals surface area (Å²) in [5.41, 5.74) is 3.50. The second-order valence-electron chi connectivity index (χ2n) is 3.33. The van der Waals surface area contributed by atoms with Gasteiger partial charge in [0.05, 0.1) is 18.0 Å². The van der Waals surface area contributed by atoms with Crippen LogP contribution in [-0.2, 0) is 11.3 Å². The van der Waals surface area contributed by atoms with Gasteiger partial charge in [-0.15, -0.1) is 0 Å². The first kappa shape index (κ1) is 11.9. The lowest BCUT2D eigenvalue weighted by molar-refractivity contribution is 0.185. The lowest BCUT2D eigenvalue weighted by Crippen LogP contribution is -2.07. The fourth-order valence-corrected chi connectivity index (χ4v) is 1.60. The molecule has 1 aromatic rings. The fraction of sp³-hybridized carbons (Fsp3) is 0.500. The zero-order valence-corrected chi connectivity index (χ0v) is 9.76. The second-order valence-corrected chi connectivity index (χ2v) is 3.33. The Labute approximate surface area is 91.8 Å². The molecule has 0 bridgehead atoms. The first-order valence-electron chi connectivity index (χ1n) is 5.42. The molecule has 1 rings (SSSR count). The Kier molecular flexibility index (Phi) is 4.98. The van der Waals surface area contributed by atoms with Gasteiger partial charge in [0.2, 0.25) is 0 Å². The number of hydrogen-bond acceptors (Lipinski definition) is 3. The molecule has 0 unspecified atom stereocenters. The van der Waals surface area contributed by atoms with Gasteiger partial charge in [-0.25, -0.2) is 0 Å². The van der Waals surface area contributed by atoms with Crippen molar-refractivity contribution in [2.75, 3.05) is 30.8 Å². The highest BCUT2D eigenvalue weighted by Gasteiger charge is 2.06. The van der Waals surface area contributed by atoms with Gasteiger partial charge in [-0.3, -0.25) is 0 Å². The molecule has 3 nitrogen and oxygen atoms in total. The maximum atomic E-state index is 5.18. The highest BCUT2D eigenvalue weighted by molar-refractivity contribution is 5.72. The van der Waals surface area contributed by atoms with Crippen LogP contribution in [0.3, 0.4) is 0 Å². The van der Waals surface area contributed by atoms with Crippen LogP contribution < -0.4 is 10.6 Å². The minimum Gasteiger partial charge on any atom is -0.384 e. The lowest BCUT2D eigenvalue weighted by Gasteiger charge is -2.16. The molecule has 0 radical (unpaired) electrons. The van der Waals surface area contributed by atoms with E-state index in [0.29, 0.717) is 6.61 Å². The van der Waals surface area contributed by atoms with E-state index in [-0.39, 0.29) is 0 Å². The summed E-state index contributed by atoms with van der Waals surface area (Å²) in [7, 11) is 1.72. The SMILES string of the molecule is CCNc1cccc(COC)c1NCC. The summed E-state index contributed by atoms with van der Waals surface area (Å²) >= 11 is 0. The summed E-state index contributed by atoms with van der Waals surface area (Å²) in [6, 6.07) is 6.22. The first-order valence-corrected chi connectivity index (χ1v) is 5.42. The van der Waals surface area contributed by atoms with Crippen molar-refractivity contribution in [1.29, 1.82) is 0 Å². The van der Waals surface area contributed by atoms with Gasteiger partial charge in [-0.1, -0.05) is 12.1 Å². The Morgan fingerprint density at radius 2 is 1.87 bits per heavy atom. The van der Waals surface area contributed by atoms with Crippen molar-refractivity contribution in [2.45, 2.75) is 20.5 Å². The predicted octanol–water partition coefficient (Wildman–Crippen LogP) is 2.70. The number of benzene rings is 1. The van der Waals surface area contributed by atoms with Crippen LogP contribution in [0.5, 0.6) is 0 Å². The highest BCUT2D eigenvalue weighted by Crippen LogP contribution is 2.26. The Balaban J connectivity index is 2.97. The fourth-order valence-electron chi connectivity index (χ4n) is 1.60. The van der Waals surface area contributed by atoms with Crippen molar-refractivity contribution in [1.82, 2.24) is 0 Å². The molecule has 3 heteroatoms. The maximum absolute atomic E-state index is 5.18. The Morgan fingerprint density at radius 3 is 2.47 bits per heavy atom. The normalized spacial score (nSPS) is 10.1. The summed E-state index contributed by atoms with van der Waals surface area (Å²) in [4.78, 5) is 0. The summed E-state index contributed by atoms with van der Waals surface area (Å²) in [5.74, 6) is 0. The highest BCUT2D eigenvalue weighted by atomic mass is 16.5. The third-order valence-electron chi connectivity index (χ3n) is 2.17. The number of nitrogens with one attached hydrogen (secondary N) is 2. The number of hydrogen-bond donors (Lipinski definition) is 2. The van der Waals surface area contributed by atoms with Gasteiger partial charge in [-0.05, 0) is 19.9 Å². The Morgan fingerprint density at radius 1 is 1.13 bits per heavy atom. The quantitative estimate of drug-likeness (QED) is 0.754. The molecular formula is C12H20N2O. The summed E-state index contributed by atoms with van der Waals surface area (Å²) in [6.45, 7) is 6.67. The van der Waals surface area contributed by atoms with E-state index < -0.39 is 0 Å². The standard InChI is InChI=1S/C12H20N2O/c1-4-13-11-8-6-7-10(9-15-3)12(11)14-5-2/h6-8,13-14H,4-5,9H2,1-3H3. The molecule has 0 saturated heterocycles. The molecule has 2 N–H and O–H groups in total. The van der Waals surface area contributed by atoms with Crippen molar-refractivity contribution in [2.24, 2.45) is 0 Å². The van der Waals surface area contributed by atoms with Crippen molar-refractivity contribution >= 4 is 11.4 Å². The average Bonchev–Trinajstić information content (AvgIpc) is 2.23. The Bertz CT molecular complexity index is 275. The van der Waals surface area contributed by atoms with Crippen molar-refractivity contribution < 1.29 is 4.74 Å². The lowest BCUT2D eigenvalue weighted by atomic mass is 10.1. The van der Waals surface area contributed by atoms with Gasteiger partial charge in [0.1, 0.15) is 0 Å². The van der Waals surface area contributed by atoms with Crippen molar-refractivity contribution in [3.63, 3.8) is 0 Å². The van der Waals surface area contributed by atoms with E-state index in [4.69, 9.17) is 4.74 Å². The van der Waals surface area contributed by atoms with Crippen molar-refractivity contribution in [3.8, 4) is 0 Å². The third kappa shape index (κ3) is 3.13. The number of anilines is 2. The van der Waals surface area contributed by atoms with Gasteiger partial charge in [-0.2, -0.15) is 0 Å². The van der Waals surface area contributed by atoms with E-state index in [0.717, 1.165) is 24.5 Å². The van der Waals surface area contributed by atoms with Crippen LogP contribution in [0.2, 0.25) is 0 Å². The van der Waals surface area contributed by atoms with Crippen LogP contribution in [0.4, 0.5) is 11.4 Å². The smallest absolute Gasteiger partial charge is 0.0733 e. The summed E-state index contributed by atoms with van der Waals surface area (Å²) in [5, 5.41) is 6.71. The molecule has 84 valence electrons. The van der Waals surface area contributed by atoms with Gasteiger partial charge in [0, 0.05) is 25.8 Å². The van der Waals surface area contributed by atoms with E-state index in [2.05, 4.69) is 36.6 Å². The number of rotatable bonds is 6. The molecule has 0 aliphatic rings. The van der Waals surface area contributed by atoms with Gasteiger partial charge in [0.15, 0.2) is 0 Å². The number of methoxy groups -OCH3 is 1. The minimum atomic E-state index is 0.640. The topological polar surface area (TPSA) is 33.3 Å². The summed E-state index contributed by atoms with van der Waals surface area (Å²) in [6.07, 6.45) is 0. The maximum Gasteiger partial charge on any atom is 0.0733 e. The molecular weight excluding hydrogens is 188 g/mol. The number of ether oxygens (including phenoxy) is 1. The molecule has 0 saturated carbocycles. The summed E-state index contributed by atoms with van der Waals surface area (Å²) < 4.78 is 5.18. The molecule has 15 heavy (non-hydrogen) atoms. The van der Waals surface area contributed by atoms with Gasteiger partial charge in [0.25, 0.3) is 0 Å². The van der Waals surface area contributed by atoms with E-state index in [9.17, 15) is 0 Å². The molecule has 0 fully saturated rings. The zero-order chi connectivity index (χ0) is 11.1. The molecule has 0 heterocycles. The molecule has 0 aromatic heterocycles. The minimum absolute atomic E-state index is 0.640. The van der Waals surface area contributed by atoms with Crippen LogP contribution in [0.15, 0.2) is 18.2 Å². The van der Waals surface area contributed by atoms with Crippen LogP contribution in [-0.4, -0.2) is 20.2 Å². The Hall–Kier alpha value is -1.22. The molecule has 1 aromatic carbocycles.